The quantitative estimate of drug-likeness (QED) is 0.239. The Labute approximate surface area is 167 Å². The minimum Gasteiger partial charge on any atom is -0.379 e. The fourth-order valence-corrected chi connectivity index (χ4v) is 2.47. The van der Waals surface area contributed by atoms with Gasteiger partial charge in [-0.15, -0.1) is 24.0 Å². The molecule has 0 saturated carbocycles. The molecule has 0 amide bonds. The SMILES string of the molecule is CCNC(=NCc1cc(CC)no1)NCCCOCC1CCCO1.I. The van der Waals surface area contributed by atoms with Crippen LogP contribution in [0.15, 0.2) is 15.6 Å². The normalized spacial score (nSPS) is 17.4. The Morgan fingerprint density at radius 3 is 2.96 bits per heavy atom. The number of aromatic nitrogens is 1. The van der Waals surface area contributed by atoms with Crippen molar-refractivity contribution < 1.29 is 14.0 Å². The summed E-state index contributed by atoms with van der Waals surface area (Å²) in [6.07, 6.45) is 4.38. The van der Waals surface area contributed by atoms with Crippen LogP contribution in [0.25, 0.3) is 0 Å². The average Bonchev–Trinajstić information content (AvgIpc) is 3.27. The van der Waals surface area contributed by atoms with E-state index in [4.69, 9.17) is 14.0 Å². The zero-order chi connectivity index (χ0) is 17.0. The number of halogens is 1. The van der Waals surface area contributed by atoms with Crippen molar-refractivity contribution in [1.29, 1.82) is 0 Å². The number of nitrogens with zero attached hydrogens (tertiary/aromatic N) is 2. The zero-order valence-corrected chi connectivity index (χ0v) is 17.6. The first-order chi connectivity index (χ1) is 11.8. The summed E-state index contributed by atoms with van der Waals surface area (Å²) >= 11 is 0. The summed E-state index contributed by atoms with van der Waals surface area (Å²) in [6.45, 7) is 8.53. The predicted molar refractivity (Wildman–Crippen MR) is 109 cm³/mol. The molecular formula is C17H31IN4O3. The average molecular weight is 466 g/mol. The van der Waals surface area contributed by atoms with Crippen LogP contribution >= 0.6 is 24.0 Å². The lowest BCUT2D eigenvalue weighted by atomic mass is 10.2. The highest BCUT2D eigenvalue weighted by atomic mass is 127. The van der Waals surface area contributed by atoms with Crippen LogP contribution in [-0.4, -0.2) is 50.1 Å². The van der Waals surface area contributed by atoms with Gasteiger partial charge in [-0.3, -0.25) is 0 Å². The summed E-state index contributed by atoms with van der Waals surface area (Å²) in [4.78, 5) is 4.51. The van der Waals surface area contributed by atoms with E-state index >= 15 is 0 Å². The van der Waals surface area contributed by atoms with Crippen molar-refractivity contribution in [3.8, 4) is 0 Å². The predicted octanol–water partition coefficient (Wildman–Crippen LogP) is 2.50. The summed E-state index contributed by atoms with van der Waals surface area (Å²) < 4.78 is 16.4. The monoisotopic (exact) mass is 466 g/mol. The lowest BCUT2D eigenvalue weighted by Gasteiger charge is -2.12. The van der Waals surface area contributed by atoms with Crippen molar-refractivity contribution in [2.75, 3.05) is 32.9 Å². The van der Waals surface area contributed by atoms with Crippen molar-refractivity contribution >= 4 is 29.9 Å². The molecule has 0 bridgehead atoms. The molecular weight excluding hydrogens is 435 g/mol. The molecule has 0 spiro atoms. The van der Waals surface area contributed by atoms with E-state index in [0.717, 1.165) is 69.4 Å². The fraction of sp³-hybridized carbons (Fsp3) is 0.765. The first-order valence-corrected chi connectivity index (χ1v) is 8.97. The summed E-state index contributed by atoms with van der Waals surface area (Å²) in [5.41, 5.74) is 0.960. The first-order valence-electron chi connectivity index (χ1n) is 8.97. The molecule has 1 atom stereocenters. The number of guanidine groups is 1. The van der Waals surface area contributed by atoms with Crippen LogP contribution < -0.4 is 10.6 Å². The number of aryl methyl sites for hydroxylation is 1. The molecule has 2 N–H and O–H groups in total. The molecule has 1 aliphatic heterocycles. The Balaban J connectivity index is 0.00000312. The van der Waals surface area contributed by atoms with E-state index in [1.807, 2.05) is 13.0 Å². The van der Waals surface area contributed by atoms with Crippen molar-refractivity contribution in [2.45, 2.75) is 52.2 Å². The molecule has 1 aromatic heterocycles. The van der Waals surface area contributed by atoms with E-state index in [1.54, 1.807) is 0 Å². The summed E-state index contributed by atoms with van der Waals surface area (Å²) in [7, 11) is 0. The van der Waals surface area contributed by atoms with Crippen LogP contribution in [0.5, 0.6) is 0 Å². The summed E-state index contributed by atoms with van der Waals surface area (Å²) in [5.74, 6) is 1.56. The maximum atomic E-state index is 5.66. The van der Waals surface area contributed by atoms with Crippen molar-refractivity contribution in [3.63, 3.8) is 0 Å². The fourth-order valence-electron chi connectivity index (χ4n) is 2.47. The van der Waals surface area contributed by atoms with Gasteiger partial charge in [0.15, 0.2) is 11.7 Å². The van der Waals surface area contributed by atoms with Gasteiger partial charge < -0.3 is 24.6 Å². The molecule has 2 rings (SSSR count). The van der Waals surface area contributed by atoms with Gasteiger partial charge in [-0.2, -0.15) is 0 Å². The number of rotatable bonds is 10. The van der Waals surface area contributed by atoms with Crippen LogP contribution in [0.3, 0.4) is 0 Å². The highest BCUT2D eigenvalue weighted by molar-refractivity contribution is 14.0. The first kappa shape index (κ1) is 22.2. The second kappa shape index (κ2) is 13.3. The molecule has 1 saturated heterocycles. The van der Waals surface area contributed by atoms with Crippen LogP contribution in [0.2, 0.25) is 0 Å². The number of aliphatic imine (C=N–C) groups is 1. The van der Waals surface area contributed by atoms with Gasteiger partial charge in [-0.05, 0) is 32.6 Å². The third-order valence-corrected chi connectivity index (χ3v) is 3.79. The van der Waals surface area contributed by atoms with Crippen LogP contribution in [0.4, 0.5) is 0 Å². The topological polar surface area (TPSA) is 80.9 Å². The van der Waals surface area contributed by atoms with E-state index in [0.29, 0.717) is 19.3 Å². The van der Waals surface area contributed by atoms with E-state index in [2.05, 4.69) is 27.7 Å². The highest BCUT2D eigenvalue weighted by Crippen LogP contribution is 2.11. The van der Waals surface area contributed by atoms with Crippen LogP contribution in [0.1, 0.15) is 44.6 Å². The molecule has 0 aromatic carbocycles. The molecule has 1 fully saturated rings. The number of hydrogen-bond acceptors (Lipinski definition) is 5. The number of ether oxygens (including phenoxy) is 2. The van der Waals surface area contributed by atoms with Gasteiger partial charge in [0.2, 0.25) is 0 Å². The molecule has 25 heavy (non-hydrogen) atoms. The van der Waals surface area contributed by atoms with Gasteiger partial charge >= 0.3 is 0 Å². The standard InChI is InChI=1S/C17H30N4O3.HI/c1-3-14-11-16(24-21-14)12-20-17(18-4-2)19-8-6-9-22-13-15-7-5-10-23-15;/h11,15H,3-10,12-13H2,1-2H3,(H2,18,19,20);1H. The molecule has 1 aliphatic rings. The van der Waals surface area contributed by atoms with Gasteiger partial charge in [-0.25, -0.2) is 4.99 Å². The second-order valence-corrected chi connectivity index (χ2v) is 5.82. The summed E-state index contributed by atoms with van der Waals surface area (Å²) in [6, 6.07) is 1.95. The van der Waals surface area contributed by atoms with Gasteiger partial charge in [0, 0.05) is 32.4 Å². The molecule has 1 unspecified atom stereocenters. The van der Waals surface area contributed by atoms with E-state index < -0.39 is 0 Å². The molecule has 0 radical (unpaired) electrons. The Hall–Kier alpha value is -0.870. The van der Waals surface area contributed by atoms with E-state index in [9.17, 15) is 0 Å². The van der Waals surface area contributed by atoms with Gasteiger partial charge in [0.25, 0.3) is 0 Å². The third kappa shape index (κ3) is 8.87. The molecule has 8 heteroatoms. The maximum Gasteiger partial charge on any atom is 0.191 e. The smallest absolute Gasteiger partial charge is 0.191 e. The Morgan fingerprint density at radius 1 is 1.40 bits per heavy atom. The Bertz CT molecular complexity index is 490. The Kier molecular flexibility index (Phi) is 11.8. The van der Waals surface area contributed by atoms with Crippen molar-refractivity contribution in [1.82, 2.24) is 15.8 Å². The van der Waals surface area contributed by atoms with E-state index in [-0.39, 0.29) is 24.0 Å². The van der Waals surface area contributed by atoms with Crippen molar-refractivity contribution in [2.24, 2.45) is 4.99 Å². The minimum atomic E-state index is 0. The molecule has 7 nitrogen and oxygen atoms in total. The second-order valence-electron chi connectivity index (χ2n) is 5.82. The molecule has 0 aliphatic carbocycles. The van der Waals surface area contributed by atoms with Gasteiger partial charge in [-0.1, -0.05) is 12.1 Å². The van der Waals surface area contributed by atoms with Crippen molar-refractivity contribution in [3.05, 3.63) is 17.5 Å². The highest BCUT2D eigenvalue weighted by Gasteiger charge is 2.14. The third-order valence-electron chi connectivity index (χ3n) is 3.79. The van der Waals surface area contributed by atoms with Gasteiger partial charge in [0.1, 0.15) is 6.54 Å². The number of hydrogen-bond donors (Lipinski definition) is 2. The lowest BCUT2D eigenvalue weighted by molar-refractivity contribution is 0.0168. The molecule has 144 valence electrons. The maximum absolute atomic E-state index is 5.66. The van der Waals surface area contributed by atoms with Crippen LogP contribution in [-0.2, 0) is 22.4 Å². The Morgan fingerprint density at radius 2 is 2.28 bits per heavy atom. The number of nitrogens with one attached hydrogen (secondary N) is 2. The summed E-state index contributed by atoms with van der Waals surface area (Å²) in [5, 5.41) is 10.5. The largest absolute Gasteiger partial charge is 0.379 e. The van der Waals surface area contributed by atoms with Crippen LogP contribution in [0, 0.1) is 0 Å². The zero-order valence-electron chi connectivity index (χ0n) is 15.3. The van der Waals surface area contributed by atoms with E-state index in [1.165, 1.54) is 0 Å². The molecule has 2 heterocycles. The van der Waals surface area contributed by atoms with Gasteiger partial charge in [0.05, 0.1) is 18.4 Å². The minimum absolute atomic E-state index is 0. The lowest BCUT2D eigenvalue weighted by Crippen LogP contribution is -2.38. The molecule has 1 aromatic rings.